The molecule has 1 aromatic rings. The highest BCUT2D eigenvalue weighted by Gasteiger charge is 2.27. The van der Waals surface area contributed by atoms with Gasteiger partial charge in [0, 0.05) is 6.04 Å². The van der Waals surface area contributed by atoms with Crippen molar-refractivity contribution in [3.63, 3.8) is 0 Å². The molecule has 0 unspecified atom stereocenters. The summed E-state index contributed by atoms with van der Waals surface area (Å²) < 4.78 is 25.4. The van der Waals surface area contributed by atoms with E-state index >= 15 is 0 Å². The molecule has 2 rings (SSSR count). The number of nitrogens with two attached hydrogens (primary N) is 1. The second kappa shape index (κ2) is 3.07. The Morgan fingerprint density at radius 1 is 1.15 bits per heavy atom. The second-order valence-corrected chi connectivity index (χ2v) is 3.60. The molecule has 1 aliphatic rings. The lowest BCUT2D eigenvalue weighted by molar-refractivity contribution is 0.349. The van der Waals surface area contributed by atoms with Gasteiger partial charge in [-0.3, -0.25) is 0 Å². The molecule has 1 saturated carbocycles. The van der Waals surface area contributed by atoms with E-state index in [1.165, 1.54) is 12.1 Å². The summed E-state index contributed by atoms with van der Waals surface area (Å²) in [6.45, 7) is 0. The van der Waals surface area contributed by atoms with E-state index in [4.69, 9.17) is 5.73 Å². The Hall–Kier alpha value is -0.960. The molecule has 70 valence electrons. The fourth-order valence-corrected chi connectivity index (χ4v) is 1.70. The van der Waals surface area contributed by atoms with Crippen LogP contribution < -0.4 is 5.73 Å². The molecule has 0 heterocycles. The average molecular weight is 183 g/mol. The van der Waals surface area contributed by atoms with Crippen LogP contribution >= 0.6 is 0 Å². The third-order valence-electron chi connectivity index (χ3n) is 2.59. The van der Waals surface area contributed by atoms with Crippen LogP contribution in [-0.4, -0.2) is 6.04 Å². The first-order chi connectivity index (χ1) is 6.16. The van der Waals surface area contributed by atoms with Gasteiger partial charge in [0.25, 0.3) is 0 Å². The van der Waals surface area contributed by atoms with Crippen molar-refractivity contribution in [3.8, 4) is 0 Å². The van der Waals surface area contributed by atoms with Crippen LogP contribution in [0.25, 0.3) is 0 Å². The molecular weight excluding hydrogens is 172 g/mol. The van der Waals surface area contributed by atoms with Crippen LogP contribution in [-0.2, 0) is 0 Å². The number of rotatable bonds is 1. The van der Waals surface area contributed by atoms with Gasteiger partial charge in [-0.05, 0) is 36.5 Å². The molecule has 0 radical (unpaired) electrons. The minimum atomic E-state index is -0.785. The van der Waals surface area contributed by atoms with Gasteiger partial charge >= 0.3 is 0 Å². The maximum Gasteiger partial charge on any atom is 0.159 e. The van der Waals surface area contributed by atoms with E-state index < -0.39 is 11.6 Å². The first-order valence-electron chi connectivity index (χ1n) is 4.37. The maximum absolute atomic E-state index is 12.8. The Morgan fingerprint density at radius 3 is 2.38 bits per heavy atom. The molecule has 1 nitrogen and oxygen atoms in total. The largest absolute Gasteiger partial charge is 0.328 e. The van der Waals surface area contributed by atoms with E-state index in [1.54, 1.807) is 6.07 Å². The van der Waals surface area contributed by atoms with E-state index in [0.717, 1.165) is 18.4 Å². The topological polar surface area (TPSA) is 26.0 Å². The smallest absolute Gasteiger partial charge is 0.159 e. The molecule has 0 atom stereocenters. The van der Waals surface area contributed by atoms with Crippen molar-refractivity contribution in [2.75, 3.05) is 0 Å². The van der Waals surface area contributed by atoms with Crippen molar-refractivity contribution in [1.82, 2.24) is 0 Å². The van der Waals surface area contributed by atoms with Crippen molar-refractivity contribution >= 4 is 0 Å². The summed E-state index contributed by atoms with van der Waals surface area (Å²) in [5, 5.41) is 0. The standard InChI is InChI=1S/C10H11F2N/c11-9-2-1-6(5-10(9)12)7-3-8(13)4-7/h1-2,5,7-8H,3-4,13H2. The Kier molecular flexibility index (Phi) is 2.04. The minimum Gasteiger partial charge on any atom is -0.328 e. The average Bonchev–Trinajstić information content (AvgIpc) is 2.05. The van der Waals surface area contributed by atoms with Gasteiger partial charge in [0.15, 0.2) is 11.6 Å². The molecule has 1 aromatic carbocycles. The molecular formula is C10H11F2N. The van der Waals surface area contributed by atoms with Crippen LogP contribution in [0, 0.1) is 11.6 Å². The number of halogens is 2. The summed E-state index contributed by atoms with van der Waals surface area (Å²) in [7, 11) is 0. The van der Waals surface area contributed by atoms with Crippen LogP contribution in [0.2, 0.25) is 0 Å². The Balaban J connectivity index is 2.18. The predicted octanol–water partition coefficient (Wildman–Crippen LogP) is 2.17. The van der Waals surface area contributed by atoms with Crippen LogP contribution in [0.15, 0.2) is 18.2 Å². The Labute approximate surface area is 75.6 Å². The molecule has 0 aliphatic heterocycles. The number of hydrogen-bond acceptors (Lipinski definition) is 1. The summed E-state index contributed by atoms with van der Waals surface area (Å²) >= 11 is 0. The molecule has 13 heavy (non-hydrogen) atoms. The summed E-state index contributed by atoms with van der Waals surface area (Å²) in [4.78, 5) is 0. The lowest BCUT2D eigenvalue weighted by atomic mass is 9.76. The summed E-state index contributed by atoms with van der Waals surface area (Å²) in [5.41, 5.74) is 6.47. The zero-order chi connectivity index (χ0) is 9.42. The quantitative estimate of drug-likeness (QED) is 0.709. The third kappa shape index (κ3) is 1.56. The van der Waals surface area contributed by atoms with Crippen molar-refractivity contribution in [2.24, 2.45) is 5.73 Å². The number of benzene rings is 1. The van der Waals surface area contributed by atoms with Crippen molar-refractivity contribution in [1.29, 1.82) is 0 Å². The van der Waals surface area contributed by atoms with Crippen LogP contribution in [0.4, 0.5) is 8.78 Å². The van der Waals surface area contributed by atoms with Crippen LogP contribution in [0.1, 0.15) is 24.3 Å². The van der Waals surface area contributed by atoms with Crippen molar-refractivity contribution in [2.45, 2.75) is 24.8 Å². The zero-order valence-electron chi connectivity index (χ0n) is 7.13. The van der Waals surface area contributed by atoms with Crippen molar-refractivity contribution in [3.05, 3.63) is 35.4 Å². The van der Waals surface area contributed by atoms with E-state index in [0.29, 0.717) is 5.92 Å². The molecule has 0 saturated heterocycles. The third-order valence-corrected chi connectivity index (χ3v) is 2.59. The van der Waals surface area contributed by atoms with Gasteiger partial charge in [-0.1, -0.05) is 6.07 Å². The molecule has 0 spiro atoms. The van der Waals surface area contributed by atoms with Crippen molar-refractivity contribution < 1.29 is 8.78 Å². The molecule has 0 amide bonds. The predicted molar refractivity (Wildman–Crippen MR) is 46.3 cm³/mol. The van der Waals surface area contributed by atoms with Gasteiger partial charge in [0.05, 0.1) is 0 Å². The van der Waals surface area contributed by atoms with Gasteiger partial charge < -0.3 is 5.73 Å². The van der Waals surface area contributed by atoms with Crippen LogP contribution in [0.5, 0.6) is 0 Å². The Bertz CT molecular complexity index is 319. The summed E-state index contributed by atoms with van der Waals surface area (Å²) in [6.07, 6.45) is 1.76. The highest BCUT2D eigenvalue weighted by atomic mass is 19.2. The summed E-state index contributed by atoms with van der Waals surface area (Å²) in [5.74, 6) is -1.23. The fourth-order valence-electron chi connectivity index (χ4n) is 1.70. The molecule has 1 aliphatic carbocycles. The van der Waals surface area contributed by atoms with Gasteiger partial charge in [-0.15, -0.1) is 0 Å². The monoisotopic (exact) mass is 183 g/mol. The van der Waals surface area contributed by atoms with E-state index in [1.807, 2.05) is 0 Å². The van der Waals surface area contributed by atoms with Gasteiger partial charge in [-0.25, -0.2) is 8.78 Å². The normalized spacial score (nSPS) is 27.0. The highest BCUT2D eigenvalue weighted by Crippen LogP contribution is 2.35. The van der Waals surface area contributed by atoms with Gasteiger partial charge in [0.1, 0.15) is 0 Å². The first-order valence-corrected chi connectivity index (χ1v) is 4.37. The van der Waals surface area contributed by atoms with E-state index in [9.17, 15) is 8.78 Å². The molecule has 0 aromatic heterocycles. The second-order valence-electron chi connectivity index (χ2n) is 3.60. The highest BCUT2D eigenvalue weighted by molar-refractivity contribution is 5.24. The molecule has 1 fully saturated rings. The van der Waals surface area contributed by atoms with Crippen LogP contribution in [0.3, 0.4) is 0 Å². The lowest BCUT2D eigenvalue weighted by Crippen LogP contribution is -2.34. The molecule has 3 heteroatoms. The van der Waals surface area contributed by atoms with E-state index in [2.05, 4.69) is 0 Å². The van der Waals surface area contributed by atoms with E-state index in [-0.39, 0.29) is 6.04 Å². The number of hydrogen-bond donors (Lipinski definition) is 1. The van der Waals surface area contributed by atoms with Gasteiger partial charge in [-0.2, -0.15) is 0 Å². The molecule has 0 bridgehead atoms. The minimum absolute atomic E-state index is 0.234. The SMILES string of the molecule is NC1CC(c2ccc(F)c(F)c2)C1. The first kappa shape index (κ1) is 8.63. The zero-order valence-corrected chi connectivity index (χ0v) is 7.13. The van der Waals surface area contributed by atoms with Gasteiger partial charge in [0.2, 0.25) is 0 Å². The lowest BCUT2D eigenvalue weighted by Gasteiger charge is -2.32. The fraction of sp³-hybridized carbons (Fsp3) is 0.400. The Morgan fingerprint density at radius 2 is 1.85 bits per heavy atom. The molecule has 2 N–H and O–H groups in total. The maximum atomic E-state index is 12.8. The summed E-state index contributed by atoms with van der Waals surface area (Å²) in [6, 6.07) is 4.31.